The molecule has 0 fully saturated rings. The summed E-state index contributed by atoms with van der Waals surface area (Å²) in [7, 11) is 0. The topological polar surface area (TPSA) is 83.7 Å². The molecule has 1 aromatic carbocycles. The summed E-state index contributed by atoms with van der Waals surface area (Å²) in [6.07, 6.45) is 1.42. The average molecular weight is 394 g/mol. The van der Waals surface area contributed by atoms with Crippen LogP contribution in [0.15, 0.2) is 33.9 Å². The van der Waals surface area contributed by atoms with Crippen molar-refractivity contribution in [3.63, 3.8) is 0 Å². The van der Waals surface area contributed by atoms with E-state index in [1.807, 2.05) is 38.1 Å². The first-order chi connectivity index (χ1) is 13.2. The van der Waals surface area contributed by atoms with Crippen molar-refractivity contribution >= 4 is 17.5 Å². The number of ketones is 1. The summed E-state index contributed by atoms with van der Waals surface area (Å²) in [4.78, 5) is 11.3. The van der Waals surface area contributed by atoms with Gasteiger partial charge in [-0.2, -0.15) is 0 Å². The molecule has 0 amide bonds. The van der Waals surface area contributed by atoms with Crippen molar-refractivity contribution in [2.24, 2.45) is 0 Å². The van der Waals surface area contributed by atoms with Crippen LogP contribution in [0, 0.1) is 0 Å². The lowest BCUT2D eigenvalue weighted by Gasteiger charge is -2.08. The van der Waals surface area contributed by atoms with Crippen LogP contribution in [-0.4, -0.2) is 54.8 Å². The van der Waals surface area contributed by atoms with Gasteiger partial charge >= 0.3 is 0 Å². The molecule has 7 nitrogen and oxygen atoms in total. The highest BCUT2D eigenvalue weighted by atomic mass is 32.2. The fourth-order valence-corrected chi connectivity index (χ4v) is 2.66. The molecular weight excluding hydrogens is 368 g/mol. The molecule has 1 heterocycles. The largest absolute Gasteiger partial charge is 0.491 e. The number of aromatic nitrogens is 2. The molecule has 1 aromatic heterocycles. The number of carbonyl (C=O) groups is 1. The number of thioether (sulfide) groups is 1. The van der Waals surface area contributed by atoms with Gasteiger partial charge in [0.25, 0.3) is 5.22 Å². The monoisotopic (exact) mass is 394 g/mol. The van der Waals surface area contributed by atoms with E-state index >= 15 is 0 Å². The number of Topliss-reactive ketones (excluding diaryl/α,β-unsaturated/α-hetero) is 1. The van der Waals surface area contributed by atoms with Gasteiger partial charge in [0.1, 0.15) is 19.0 Å². The second kappa shape index (κ2) is 12.5. The Labute approximate surface area is 163 Å². The summed E-state index contributed by atoms with van der Waals surface area (Å²) in [5.74, 6) is 2.26. The number of benzene rings is 1. The van der Waals surface area contributed by atoms with Gasteiger partial charge in [-0.15, -0.1) is 10.2 Å². The van der Waals surface area contributed by atoms with Crippen LogP contribution < -0.4 is 4.74 Å². The van der Waals surface area contributed by atoms with Crippen LogP contribution in [0.5, 0.6) is 5.75 Å². The quantitative estimate of drug-likeness (QED) is 0.355. The maximum Gasteiger partial charge on any atom is 0.276 e. The summed E-state index contributed by atoms with van der Waals surface area (Å²) in [5, 5.41) is 8.59. The highest BCUT2D eigenvalue weighted by Gasteiger charge is 2.08. The Bertz CT molecular complexity index is 675. The molecule has 0 radical (unpaired) electrons. The minimum absolute atomic E-state index is 0.130. The molecule has 0 N–H and O–H groups in total. The van der Waals surface area contributed by atoms with E-state index in [0.717, 1.165) is 23.5 Å². The van der Waals surface area contributed by atoms with Gasteiger partial charge in [0.15, 0.2) is 5.78 Å². The third-order valence-electron chi connectivity index (χ3n) is 3.44. The van der Waals surface area contributed by atoms with Crippen LogP contribution >= 0.6 is 11.8 Å². The van der Waals surface area contributed by atoms with Crippen LogP contribution in [0.25, 0.3) is 11.5 Å². The molecule has 8 heteroatoms. The van der Waals surface area contributed by atoms with E-state index in [4.69, 9.17) is 18.6 Å². The van der Waals surface area contributed by atoms with Crippen LogP contribution in [-0.2, 0) is 14.3 Å². The van der Waals surface area contributed by atoms with Gasteiger partial charge in [-0.05, 0) is 36.4 Å². The summed E-state index contributed by atoms with van der Waals surface area (Å²) in [6.45, 7) is 5.91. The zero-order chi connectivity index (χ0) is 19.3. The van der Waals surface area contributed by atoms with Crippen molar-refractivity contribution in [1.82, 2.24) is 10.2 Å². The van der Waals surface area contributed by atoms with Crippen molar-refractivity contribution in [3.8, 4) is 17.2 Å². The van der Waals surface area contributed by atoms with E-state index in [-0.39, 0.29) is 12.4 Å². The van der Waals surface area contributed by atoms with Crippen molar-refractivity contribution < 1.29 is 23.4 Å². The van der Waals surface area contributed by atoms with Crippen LogP contribution in [0.2, 0.25) is 0 Å². The molecule has 2 rings (SSSR count). The molecule has 0 bridgehead atoms. The average Bonchev–Trinajstić information content (AvgIpc) is 3.13. The summed E-state index contributed by atoms with van der Waals surface area (Å²) >= 11 is 1.51. The van der Waals surface area contributed by atoms with E-state index in [9.17, 15) is 4.79 Å². The number of rotatable bonds is 14. The van der Waals surface area contributed by atoms with Gasteiger partial charge in [-0.1, -0.05) is 25.6 Å². The molecule has 0 spiro atoms. The van der Waals surface area contributed by atoms with E-state index in [1.165, 1.54) is 11.8 Å². The second-order valence-electron chi connectivity index (χ2n) is 5.63. The maximum absolute atomic E-state index is 11.3. The third-order valence-corrected chi connectivity index (χ3v) is 4.14. The Hall–Kier alpha value is -1.90. The van der Waals surface area contributed by atoms with Crippen molar-refractivity contribution in [3.05, 3.63) is 24.3 Å². The lowest BCUT2D eigenvalue weighted by atomic mass is 10.2. The normalized spacial score (nSPS) is 10.9. The van der Waals surface area contributed by atoms with Crippen molar-refractivity contribution in [2.45, 2.75) is 31.9 Å². The van der Waals surface area contributed by atoms with Gasteiger partial charge in [0.2, 0.25) is 5.89 Å². The number of nitrogens with zero attached hydrogens (tertiary/aromatic N) is 2. The molecular formula is C19H26N2O5S. The fourth-order valence-electron chi connectivity index (χ4n) is 2.18. The molecule has 2 aromatic rings. The first kappa shape index (κ1) is 21.4. The molecule has 0 atom stereocenters. The lowest BCUT2D eigenvalue weighted by molar-refractivity contribution is -0.124. The van der Waals surface area contributed by atoms with E-state index in [0.29, 0.717) is 44.0 Å². The van der Waals surface area contributed by atoms with Crippen molar-refractivity contribution in [2.75, 3.05) is 38.8 Å². The third kappa shape index (κ3) is 8.11. The number of hydrogen-bond acceptors (Lipinski definition) is 8. The SMILES string of the molecule is CCCC(=O)COCCOCCOc1ccc(-c2nnc(SCC)o2)cc1. The van der Waals surface area contributed by atoms with Gasteiger partial charge in [-0.3, -0.25) is 4.79 Å². The maximum atomic E-state index is 11.3. The van der Waals surface area contributed by atoms with Crippen molar-refractivity contribution in [1.29, 1.82) is 0 Å². The molecule has 0 aliphatic rings. The Morgan fingerprint density at radius 1 is 1.04 bits per heavy atom. The number of hydrogen-bond donors (Lipinski definition) is 0. The van der Waals surface area contributed by atoms with Gasteiger partial charge in [-0.25, -0.2) is 0 Å². The Balaban J connectivity index is 1.59. The Morgan fingerprint density at radius 3 is 2.52 bits per heavy atom. The predicted molar refractivity (Wildman–Crippen MR) is 103 cm³/mol. The van der Waals surface area contributed by atoms with E-state index in [1.54, 1.807) is 0 Å². The summed E-state index contributed by atoms with van der Waals surface area (Å²) in [6, 6.07) is 7.47. The molecule has 0 aliphatic carbocycles. The number of ether oxygens (including phenoxy) is 3. The summed E-state index contributed by atoms with van der Waals surface area (Å²) < 4.78 is 21.9. The van der Waals surface area contributed by atoms with Crippen LogP contribution in [0.1, 0.15) is 26.7 Å². The van der Waals surface area contributed by atoms with Gasteiger partial charge in [0.05, 0.1) is 19.8 Å². The zero-order valence-electron chi connectivity index (χ0n) is 15.8. The highest BCUT2D eigenvalue weighted by molar-refractivity contribution is 7.99. The minimum atomic E-state index is 0.130. The highest BCUT2D eigenvalue weighted by Crippen LogP contribution is 2.24. The Morgan fingerprint density at radius 2 is 1.78 bits per heavy atom. The molecule has 0 saturated heterocycles. The predicted octanol–water partition coefficient (Wildman–Crippen LogP) is 3.63. The molecule has 0 aliphatic heterocycles. The van der Waals surface area contributed by atoms with E-state index < -0.39 is 0 Å². The first-order valence-electron chi connectivity index (χ1n) is 9.09. The zero-order valence-corrected chi connectivity index (χ0v) is 16.6. The first-order valence-corrected chi connectivity index (χ1v) is 10.1. The minimum Gasteiger partial charge on any atom is -0.491 e. The molecule has 148 valence electrons. The van der Waals surface area contributed by atoms with Gasteiger partial charge in [0, 0.05) is 12.0 Å². The van der Waals surface area contributed by atoms with Crippen LogP contribution in [0.4, 0.5) is 0 Å². The van der Waals surface area contributed by atoms with E-state index in [2.05, 4.69) is 10.2 Å². The second-order valence-corrected chi connectivity index (χ2v) is 6.85. The lowest BCUT2D eigenvalue weighted by Crippen LogP contribution is -2.14. The smallest absolute Gasteiger partial charge is 0.276 e. The standard InChI is InChI=1S/C19H26N2O5S/c1-3-5-16(22)14-24-11-10-23-12-13-25-17-8-6-15(7-9-17)18-20-21-19(26-18)27-4-2/h6-9H,3-5,10-14H2,1-2H3. The Kier molecular flexibility index (Phi) is 9.89. The fraction of sp³-hybridized carbons (Fsp3) is 0.526. The molecule has 0 unspecified atom stereocenters. The molecule has 0 saturated carbocycles. The summed E-state index contributed by atoms with van der Waals surface area (Å²) in [5.41, 5.74) is 0.851. The van der Waals surface area contributed by atoms with Gasteiger partial charge < -0.3 is 18.6 Å². The van der Waals surface area contributed by atoms with Crippen LogP contribution in [0.3, 0.4) is 0 Å². The number of carbonyl (C=O) groups excluding carboxylic acids is 1. The molecule has 27 heavy (non-hydrogen) atoms.